The van der Waals surface area contributed by atoms with Crippen LogP contribution in [0.1, 0.15) is 32.1 Å². The van der Waals surface area contributed by atoms with Crippen LogP contribution in [0.15, 0.2) is 12.2 Å². The molecule has 0 fully saturated rings. The van der Waals surface area contributed by atoms with Gasteiger partial charge in [-0.15, -0.1) is 0 Å². The minimum atomic E-state index is -0.916. The molecule has 0 aromatic carbocycles. The first kappa shape index (κ1) is 13.1. The lowest BCUT2D eigenvalue weighted by atomic mass is 10.1. The van der Waals surface area contributed by atoms with Gasteiger partial charge in [-0.1, -0.05) is 18.9 Å². The lowest BCUT2D eigenvalue weighted by Gasteiger charge is -2.05. The molecule has 0 rings (SSSR count). The van der Waals surface area contributed by atoms with E-state index in [1.165, 1.54) is 0 Å². The second-order valence-corrected chi connectivity index (χ2v) is 3.22. The first-order chi connectivity index (χ1) is 6.66. The van der Waals surface area contributed by atoms with E-state index < -0.39 is 12.1 Å². The average molecular weight is 202 g/mol. The summed E-state index contributed by atoms with van der Waals surface area (Å²) in [5, 5.41) is 25.8. The number of allylic oxidation sites excluding steroid dienone is 1. The van der Waals surface area contributed by atoms with Crippen molar-refractivity contribution in [3.63, 3.8) is 0 Å². The van der Waals surface area contributed by atoms with Crippen LogP contribution in [0.25, 0.3) is 0 Å². The fraction of sp³-hybridized carbons (Fsp3) is 0.700. The zero-order valence-corrected chi connectivity index (χ0v) is 8.22. The number of aliphatic carboxylic acids is 1. The van der Waals surface area contributed by atoms with Gasteiger partial charge in [0.25, 0.3) is 0 Å². The van der Waals surface area contributed by atoms with Crippen LogP contribution < -0.4 is 0 Å². The van der Waals surface area contributed by atoms with Crippen LogP contribution in [0.3, 0.4) is 0 Å². The van der Waals surface area contributed by atoms with Crippen LogP contribution in [0.2, 0.25) is 0 Å². The summed E-state index contributed by atoms with van der Waals surface area (Å²) in [6, 6.07) is 0. The van der Waals surface area contributed by atoms with E-state index in [1.54, 1.807) is 6.08 Å². The Morgan fingerprint density at radius 3 is 2.57 bits per heavy atom. The molecule has 0 unspecified atom stereocenters. The van der Waals surface area contributed by atoms with E-state index in [4.69, 9.17) is 15.3 Å². The van der Waals surface area contributed by atoms with Crippen molar-refractivity contribution in [1.82, 2.24) is 0 Å². The fourth-order valence-electron chi connectivity index (χ4n) is 1.09. The molecule has 0 saturated carbocycles. The Kier molecular flexibility index (Phi) is 8.17. The number of rotatable bonds is 8. The molecule has 0 aliphatic heterocycles. The summed E-state index contributed by atoms with van der Waals surface area (Å²) in [5.74, 6) is -0.916. The Balaban J connectivity index is 3.18. The van der Waals surface area contributed by atoms with Gasteiger partial charge in [-0.2, -0.15) is 0 Å². The van der Waals surface area contributed by atoms with Gasteiger partial charge in [0.15, 0.2) is 0 Å². The van der Waals surface area contributed by atoms with Crippen molar-refractivity contribution in [2.45, 2.75) is 38.2 Å². The molecule has 0 aromatic heterocycles. The second-order valence-electron chi connectivity index (χ2n) is 3.22. The molecule has 0 radical (unpaired) electrons. The normalized spacial score (nSPS) is 13.3. The Hall–Kier alpha value is -0.870. The summed E-state index contributed by atoms with van der Waals surface area (Å²) >= 11 is 0. The Bertz CT molecular complexity index is 177. The van der Waals surface area contributed by atoms with Crippen LogP contribution in [0, 0.1) is 0 Å². The highest BCUT2D eigenvalue weighted by Gasteiger charge is 1.99. The second kappa shape index (κ2) is 8.72. The van der Waals surface area contributed by atoms with Gasteiger partial charge in [0, 0.05) is 6.08 Å². The molecule has 4 heteroatoms. The minimum Gasteiger partial charge on any atom is -0.478 e. The van der Waals surface area contributed by atoms with Crippen LogP contribution in [-0.4, -0.2) is 34.0 Å². The largest absolute Gasteiger partial charge is 0.478 e. The summed E-state index contributed by atoms with van der Waals surface area (Å²) in [7, 11) is 0. The van der Waals surface area contributed by atoms with E-state index in [2.05, 4.69) is 0 Å². The third kappa shape index (κ3) is 9.22. The predicted octanol–water partition coefficient (Wildman–Crippen LogP) is 0.931. The van der Waals surface area contributed by atoms with Crippen molar-refractivity contribution < 1.29 is 20.1 Å². The molecular weight excluding hydrogens is 184 g/mol. The van der Waals surface area contributed by atoms with Gasteiger partial charge in [-0.3, -0.25) is 0 Å². The summed E-state index contributed by atoms with van der Waals surface area (Å²) in [6.07, 6.45) is 6.25. The number of carbonyl (C=O) groups is 1. The zero-order valence-electron chi connectivity index (χ0n) is 8.22. The van der Waals surface area contributed by atoms with E-state index in [0.717, 1.165) is 31.8 Å². The Labute approximate surface area is 83.9 Å². The topological polar surface area (TPSA) is 77.8 Å². The van der Waals surface area contributed by atoms with E-state index in [0.29, 0.717) is 6.42 Å². The number of hydrogen-bond acceptors (Lipinski definition) is 3. The molecule has 1 atom stereocenters. The SMILES string of the molecule is O=C(O)/C=C/CCCCC[C@H](O)CO. The summed E-state index contributed by atoms with van der Waals surface area (Å²) < 4.78 is 0. The number of aliphatic hydroxyl groups excluding tert-OH is 2. The molecule has 14 heavy (non-hydrogen) atoms. The van der Waals surface area contributed by atoms with E-state index >= 15 is 0 Å². The maximum atomic E-state index is 10.1. The van der Waals surface area contributed by atoms with Gasteiger partial charge >= 0.3 is 5.97 Å². The maximum absolute atomic E-state index is 10.1. The quantitative estimate of drug-likeness (QED) is 0.404. The monoisotopic (exact) mass is 202 g/mol. The molecule has 3 N–H and O–H groups in total. The molecule has 0 bridgehead atoms. The van der Waals surface area contributed by atoms with E-state index in [1.807, 2.05) is 0 Å². The van der Waals surface area contributed by atoms with Crippen LogP contribution in [0.4, 0.5) is 0 Å². The van der Waals surface area contributed by atoms with Gasteiger partial charge in [-0.05, 0) is 19.3 Å². The molecule has 0 aliphatic carbocycles. The molecule has 0 saturated heterocycles. The van der Waals surface area contributed by atoms with Crippen LogP contribution in [0.5, 0.6) is 0 Å². The van der Waals surface area contributed by atoms with Crippen molar-refractivity contribution in [2.24, 2.45) is 0 Å². The highest BCUT2D eigenvalue weighted by Crippen LogP contribution is 2.05. The van der Waals surface area contributed by atoms with Gasteiger partial charge in [0.05, 0.1) is 12.7 Å². The van der Waals surface area contributed by atoms with Gasteiger partial charge in [-0.25, -0.2) is 4.79 Å². The molecule has 0 amide bonds. The number of hydrogen-bond donors (Lipinski definition) is 3. The number of aliphatic hydroxyl groups is 2. The van der Waals surface area contributed by atoms with Gasteiger partial charge in [0.2, 0.25) is 0 Å². The summed E-state index contributed by atoms with van der Waals surface area (Å²) in [4.78, 5) is 10.1. The average Bonchev–Trinajstić information content (AvgIpc) is 2.15. The first-order valence-electron chi connectivity index (χ1n) is 4.85. The standard InChI is InChI=1S/C10H18O4/c11-8-9(12)6-4-2-1-3-5-7-10(13)14/h5,7,9,11-12H,1-4,6,8H2,(H,13,14)/b7-5+/t9-/m0/s1. The van der Waals surface area contributed by atoms with Crippen molar-refractivity contribution in [3.05, 3.63) is 12.2 Å². The third-order valence-corrected chi connectivity index (χ3v) is 1.88. The molecular formula is C10H18O4. The van der Waals surface area contributed by atoms with E-state index in [9.17, 15) is 4.79 Å². The van der Waals surface area contributed by atoms with Gasteiger partial charge < -0.3 is 15.3 Å². The number of unbranched alkanes of at least 4 members (excludes halogenated alkanes) is 3. The summed E-state index contributed by atoms with van der Waals surface area (Å²) in [5.41, 5.74) is 0. The molecule has 4 nitrogen and oxygen atoms in total. The first-order valence-corrected chi connectivity index (χ1v) is 4.85. The lowest BCUT2D eigenvalue weighted by Crippen LogP contribution is -2.10. The maximum Gasteiger partial charge on any atom is 0.327 e. The van der Waals surface area contributed by atoms with Crippen molar-refractivity contribution in [3.8, 4) is 0 Å². The smallest absolute Gasteiger partial charge is 0.327 e. The molecule has 0 aliphatic rings. The van der Waals surface area contributed by atoms with Crippen molar-refractivity contribution >= 4 is 5.97 Å². The van der Waals surface area contributed by atoms with Crippen LogP contribution in [-0.2, 0) is 4.79 Å². The fourth-order valence-corrected chi connectivity index (χ4v) is 1.09. The zero-order chi connectivity index (χ0) is 10.8. The molecule has 0 heterocycles. The Morgan fingerprint density at radius 2 is 2.00 bits per heavy atom. The molecule has 0 spiro atoms. The van der Waals surface area contributed by atoms with Crippen molar-refractivity contribution in [1.29, 1.82) is 0 Å². The van der Waals surface area contributed by atoms with E-state index in [-0.39, 0.29) is 6.61 Å². The third-order valence-electron chi connectivity index (χ3n) is 1.88. The summed E-state index contributed by atoms with van der Waals surface area (Å²) in [6.45, 7) is -0.182. The highest BCUT2D eigenvalue weighted by atomic mass is 16.4. The number of carboxylic acid groups (broad SMARTS) is 1. The molecule has 0 aromatic rings. The highest BCUT2D eigenvalue weighted by molar-refractivity contribution is 5.79. The number of carboxylic acids is 1. The molecule has 82 valence electrons. The van der Waals surface area contributed by atoms with Crippen LogP contribution >= 0.6 is 0 Å². The van der Waals surface area contributed by atoms with Gasteiger partial charge in [0.1, 0.15) is 0 Å². The lowest BCUT2D eigenvalue weighted by molar-refractivity contribution is -0.131. The minimum absolute atomic E-state index is 0.182. The van der Waals surface area contributed by atoms with Crippen molar-refractivity contribution in [2.75, 3.05) is 6.61 Å². The Morgan fingerprint density at radius 1 is 1.29 bits per heavy atom. The predicted molar refractivity (Wildman–Crippen MR) is 53.0 cm³/mol.